The van der Waals surface area contributed by atoms with E-state index in [2.05, 4.69) is 46.2 Å². The van der Waals surface area contributed by atoms with Crippen LogP contribution in [0, 0.1) is 84.9 Å². The third-order valence-corrected chi connectivity index (χ3v) is 13.9. The predicted molar refractivity (Wildman–Crippen MR) is 321 cm³/mol. The monoisotopic (exact) mass is 1420 g/mol. The van der Waals surface area contributed by atoms with Gasteiger partial charge in [0.15, 0.2) is 13.2 Å². The quantitative estimate of drug-likeness (QED) is 0.0318. The zero-order valence-corrected chi connectivity index (χ0v) is 52.7. The fraction of sp³-hybridized carbons (Fsp3) is 0.290. The Hall–Kier alpha value is -8.22. The minimum absolute atomic E-state index is 0. The van der Waals surface area contributed by atoms with Crippen LogP contribution < -0.4 is 30.6 Å². The molecule has 4 heterocycles. The van der Waals surface area contributed by atoms with Gasteiger partial charge in [-0.25, -0.2) is 16.8 Å². The maximum atomic E-state index is 12.6. The molecule has 29 heteroatoms. The van der Waals surface area contributed by atoms with Gasteiger partial charge in [0.05, 0.1) is 92.1 Å². The van der Waals surface area contributed by atoms with Crippen LogP contribution in [0.4, 0.5) is 0 Å². The Morgan fingerprint density at radius 2 is 0.725 bits per heavy atom. The molecule has 0 fully saturated rings. The number of fused-ring (bicyclic) bond motifs is 6. The second-order valence-electron chi connectivity index (χ2n) is 20.2. The number of aromatic nitrogens is 3. The molecule has 1 aliphatic heterocycles. The van der Waals surface area contributed by atoms with Gasteiger partial charge in [-0.2, -0.15) is 0 Å². The van der Waals surface area contributed by atoms with E-state index in [1.807, 2.05) is 0 Å². The molecule has 91 heavy (non-hydrogen) atoms. The predicted octanol–water partition coefficient (Wildman–Crippen LogP) is 1.45. The molecule has 2 amide bonds. The minimum Gasteiger partial charge on any atom is -0.748 e. The molecule has 0 radical (unpaired) electrons. The normalized spacial score (nSPS) is 12.9. The minimum atomic E-state index is -4.52. The molecule has 7 rings (SSSR count). The molecule has 0 aliphatic carbocycles. The largest absolute Gasteiger partial charge is 3.00 e. The van der Waals surface area contributed by atoms with E-state index < -0.39 is 94.3 Å². The van der Waals surface area contributed by atoms with Crippen molar-refractivity contribution >= 4 is 50.0 Å². The summed E-state index contributed by atoms with van der Waals surface area (Å²) in [5.74, 6) is 13.6. The number of hydrogen-bond acceptors (Lipinski definition) is 21. The molecular formula is C62H61EuN9O17S2+. The summed E-state index contributed by atoms with van der Waals surface area (Å²) in [7, 11) is -9.04. The Balaban J connectivity index is 0.0000132. The second-order valence-corrected chi connectivity index (χ2v) is 23.3. The first kappa shape index (κ1) is 71.9. The van der Waals surface area contributed by atoms with E-state index in [-0.39, 0.29) is 113 Å². The van der Waals surface area contributed by atoms with Gasteiger partial charge in [0, 0.05) is 85.7 Å². The van der Waals surface area contributed by atoms with Gasteiger partial charge in [0.1, 0.15) is 17.2 Å². The van der Waals surface area contributed by atoms with Crippen LogP contribution in [0.25, 0.3) is 0 Å². The van der Waals surface area contributed by atoms with E-state index in [1.54, 1.807) is 124 Å². The molecule has 0 spiro atoms. The van der Waals surface area contributed by atoms with Crippen molar-refractivity contribution in [2.24, 2.45) is 5.73 Å². The van der Waals surface area contributed by atoms with Crippen LogP contribution in [-0.4, -0.2) is 171 Å². The van der Waals surface area contributed by atoms with Crippen LogP contribution in [0.3, 0.4) is 0 Å². The van der Waals surface area contributed by atoms with E-state index in [9.17, 15) is 65.2 Å². The number of carbonyl (C=O) groups excluding carboxylic acids is 2. The van der Waals surface area contributed by atoms with Crippen LogP contribution in [0.15, 0.2) is 109 Å². The smallest absolute Gasteiger partial charge is 0.748 e. The van der Waals surface area contributed by atoms with Gasteiger partial charge in [-0.05, 0) is 122 Å². The van der Waals surface area contributed by atoms with Gasteiger partial charge >= 0.3 is 67.3 Å². The number of amides is 2. The summed E-state index contributed by atoms with van der Waals surface area (Å²) in [5.41, 5.74) is 10.8. The van der Waals surface area contributed by atoms with Gasteiger partial charge in [-0.3, -0.25) is 53.6 Å². The maximum absolute atomic E-state index is 12.6. The van der Waals surface area contributed by atoms with Crippen molar-refractivity contribution in [2.75, 3.05) is 70.6 Å². The third-order valence-electron chi connectivity index (χ3n) is 12.5. The number of nitrogens with one attached hydrogen (secondary N) is 2. The molecule has 0 saturated heterocycles. The van der Waals surface area contributed by atoms with Crippen LogP contribution >= 0.6 is 0 Å². The molecule has 0 unspecified atom stereocenters. The van der Waals surface area contributed by atoms with Crippen molar-refractivity contribution in [2.45, 2.75) is 45.7 Å². The first-order valence-corrected chi connectivity index (χ1v) is 30.8. The number of carboxylic acids is 3. The average Bonchev–Trinajstić information content (AvgIpc) is 2.02. The number of rotatable bonds is 22. The molecule has 26 nitrogen and oxygen atoms in total. The maximum Gasteiger partial charge on any atom is 3.00 e. The SMILES string of the molecule is NCCCOc1ccc(C#Cc2cc3nc(c2)CN(CC(=O)O)Cc2cc(C#Cc4ccc(OCC(=O)NCCS(=O)(=O)[O-])cc4)cc(n2)CN(CC(=O)O)Cc2cc(C#Cc4ccc(OCC(=O)NCCS(=O)(=O)[O-])cc4)cc(n2)CN(CC(=O)O)C3)cc1.[Eu+3]. The third kappa shape index (κ3) is 27.4. The molecule has 6 bridgehead atoms. The first-order chi connectivity index (χ1) is 42.9. The Kier molecular flexibility index (Phi) is 28.0. The van der Waals surface area contributed by atoms with Crippen LogP contribution in [0.5, 0.6) is 17.2 Å². The summed E-state index contributed by atoms with van der Waals surface area (Å²) in [4.78, 5) is 81.7. The zero-order valence-electron chi connectivity index (χ0n) is 48.6. The van der Waals surface area contributed by atoms with E-state index in [1.165, 1.54) is 0 Å². The number of carbonyl (C=O) groups is 5. The fourth-order valence-electron chi connectivity index (χ4n) is 8.74. The van der Waals surface area contributed by atoms with Crippen LogP contribution in [0.1, 0.15) is 74.0 Å². The zero-order chi connectivity index (χ0) is 64.6. The summed E-state index contributed by atoms with van der Waals surface area (Å²) in [6, 6.07) is 30.0. The van der Waals surface area contributed by atoms with Crippen molar-refractivity contribution in [3.05, 3.63) is 177 Å². The molecule has 0 atom stereocenters. The molecular weight excluding hydrogens is 1360 g/mol. The molecule has 3 aromatic carbocycles. The summed E-state index contributed by atoms with van der Waals surface area (Å²) < 4.78 is 82.1. The Labute approximate surface area is 565 Å². The van der Waals surface area contributed by atoms with E-state index in [0.717, 1.165) is 0 Å². The van der Waals surface area contributed by atoms with Crippen molar-refractivity contribution in [3.8, 4) is 52.8 Å². The first-order valence-electron chi connectivity index (χ1n) is 27.6. The molecule has 3 aromatic heterocycles. The topological polar surface area (TPSA) is 387 Å². The number of benzene rings is 3. The number of aliphatic carboxylic acids is 3. The van der Waals surface area contributed by atoms with Crippen molar-refractivity contribution in [1.29, 1.82) is 0 Å². The Bertz CT molecular complexity index is 3790. The fourth-order valence-corrected chi connectivity index (χ4v) is 9.45. The van der Waals surface area contributed by atoms with Gasteiger partial charge < -0.3 is 55.0 Å². The summed E-state index contributed by atoms with van der Waals surface area (Å²) in [6.45, 7) is -2.66. The standard InChI is InChI=1S/C62H63N9O17S2.Eu/c63-20-1-23-86-55-14-8-43(9-15-55)2-5-46-26-49-32-69(38-60(74)75)34-51-28-47(6-3-44-10-16-56(17-11-44)87-41-58(72)64-21-24-89(80,81)82)30-53(67-51)36-71(40-62(78)79)37-54-31-48(29-52(68-54)35-70(39-61(76)77)33-50(27-46)66-49)7-4-45-12-18-57(19-13-45)88-42-59(73)65-22-25-90(83,84)85;/h8-19,26-31H,1,20-25,32-42,63H2,(H,64,72)(H,65,73)(H,74,75)(H,76,77)(H,78,79)(H,80,81,82)(H,83,84,85);/q;+3/p-2. The van der Waals surface area contributed by atoms with E-state index in [0.29, 0.717) is 92.9 Å². The van der Waals surface area contributed by atoms with Crippen LogP contribution in [0.2, 0.25) is 0 Å². The van der Waals surface area contributed by atoms with Crippen molar-refractivity contribution in [1.82, 2.24) is 40.3 Å². The summed E-state index contributed by atoms with van der Waals surface area (Å²) in [6.07, 6.45) is 0.679. The van der Waals surface area contributed by atoms with Gasteiger partial charge in [-0.1, -0.05) is 35.5 Å². The number of nitrogens with two attached hydrogens (primary N) is 1. The van der Waals surface area contributed by atoms with Crippen LogP contribution in [-0.2, 0) is 83.5 Å². The molecule has 6 aromatic rings. The molecule has 7 N–H and O–H groups in total. The number of carboxylic acid groups (broad SMARTS) is 3. The Morgan fingerprint density at radius 3 is 0.978 bits per heavy atom. The van der Waals surface area contributed by atoms with Gasteiger partial charge in [0.2, 0.25) is 0 Å². The van der Waals surface area contributed by atoms with E-state index in [4.69, 9.17) is 34.9 Å². The summed E-state index contributed by atoms with van der Waals surface area (Å²) in [5, 5.41) is 35.4. The van der Waals surface area contributed by atoms with Gasteiger partial charge in [-0.15, -0.1) is 0 Å². The average molecular weight is 1420 g/mol. The van der Waals surface area contributed by atoms with Crippen molar-refractivity contribution < 1.29 is 129 Å². The molecule has 0 saturated carbocycles. The van der Waals surface area contributed by atoms with Crippen molar-refractivity contribution in [3.63, 3.8) is 0 Å². The number of nitrogens with zero attached hydrogens (tertiary/aromatic N) is 6. The van der Waals surface area contributed by atoms with Gasteiger partial charge in [0.25, 0.3) is 11.8 Å². The number of pyridine rings is 3. The summed E-state index contributed by atoms with van der Waals surface area (Å²) >= 11 is 0. The van der Waals surface area contributed by atoms with E-state index >= 15 is 0 Å². The molecule has 474 valence electrons. The Morgan fingerprint density at radius 1 is 0.462 bits per heavy atom. The number of hydrogen-bond donors (Lipinski definition) is 6. The second kappa shape index (κ2) is 35.4. The number of ether oxygens (including phenoxy) is 3. The molecule has 1 aliphatic rings.